The first-order valence-corrected chi connectivity index (χ1v) is 8.13. The highest BCUT2D eigenvalue weighted by Crippen LogP contribution is 2.40. The Hall–Kier alpha value is -2.65. The molecular formula is C20H16O2S. The summed E-state index contributed by atoms with van der Waals surface area (Å²) in [4.78, 5) is 13.2. The fraction of sp³-hybridized carbons (Fsp3) is 0.0500. The molecule has 0 saturated heterocycles. The third-order valence-electron chi connectivity index (χ3n) is 3.57. The number of thiophene rings is 1. The predicted octanol–water partition coefficient (Wildman–Crippen LogP) is 5.57. The maximum atomic E-state index is 11.1. The van der Waals surface area contributed by atoms with E-state index in [1.54, 1.807) is 24.3 Å². The molecule has 0 bridgehead atoms. The number of rotatable bonds is 4. The molecular weight excluding hydrogens is 304 g/mol. The smallest absolute Gasteiger partial charge is 0.331 e. The SMILES string of the molecule is CC(=Cc1cc(-c2ccccc2)c(-c2ccccc2)s1)C(=O)O. The van der Waals surface area contributed by atoms with Gasteiger partial charge >= 0.3 is 5.97 Å². The second-order valence-electron chi connectivity index (χ2n) is 5.26. The van der Waals surface area contributed by atoms with Crippen molar-refractivity contribution in [3.8, 4) is 21.6 Å². The maximum Gasteiger partial charge on any atom is 0.331 e. The summed E-state index contributed by atoms with van der Waals surface area (Å²) >= 11 is 1.61. The number of carboxylic acid groups (broad SMARTS) is 1. The van der Waals surface area contributed by atoms with E-state index in [9.17, 15) is 4.79 Å². The lowest BCUT2D eigenvalue weighted by Gasteiger charge is -2.03. The second kappa shape index (κ2) is 6.63. The van der Waals surface area contributed by atoms with E-state index >= 15 is 0 Å². The monoisotopic (exact) mass is 320 g/mol. The van der Waals surface area contributed by atoms with Crippen LogP contribution in [0.25, 0.3) is 27.6 Å². The van der Waals surface area contributed by atoms with Gasteiger partial charge in [0.15, 0.2) is 0 Å². The molecule has 3 rings (SSSR count). The molecule has 23 heavy (non-hydrogen) atoms. The van der Waals surface area contributed by atoms with E-state index in [0.717, 1.165) is 26.4 Å². The highest BCUT2D eigenvalue weighted by Gasteiger charge is 2.12. The van der Waals surface area contributed by atoms with Gasteiger partial charge < -0.3 is 5.11 Å². The molecule has 1 heterocycles. The minimum atomic E-state index is -0.888. The normalized spacial score (nSPS) is 11.4. The lowest BCUT2D eigenvalue weighted by molar-refractivity contribution is -0.132. The Balaban J connectivity index is 2.15. The quantitative estimate of drug-likeness (QED) is 0.638. The summed E-state index contributed by atoms with van der Waals surface area (Å²) < 4.78 is 0. The van der Waals surface area contributed by atoms with Crippen molar-refractivity contribution in [3.63, 3.8) is 0 Å². The number of benzene rings is 2. The molecule has 0 aliphatic heterocycles. The van der Waals surface area contributed by atoms with Crippen LogP contribution in [0.1, 0.15) is 11.8 Å². The third kappa shape index (κ3) is 3.41. The van der Waals surface area contributed by atoms with Crippen molar-refractivity contribution >= 4 is 23.4 Å². The summed E-state index contributed by atoms with van der Waals surface area (Å²) in [5.41, 5.74) is 3.75. The van der Waals surface area contributed by atoms with Gasteiger partial charge in [-0.25, -0.2) is 4.79 Å². The Morgan fingerprint density at radius 3 is 2.09 bits per heavy atom. The molecule has 0 spiro atoms. The van der Waals surface area contributed by atoms with Gasteiger partial charge in [-0.1, -0.05) is 60.7 Å². The molecule has 3 aromatic rings. The van der Waals surface area contributed by atoms with Crippen molar-refractivity contribution in [2.75, 3.05) is 0 Å². The average molecular weight is 320 g/mol. The first kappa shape index (κ1) is 15.3. The number of carbonyl (C=O) groups is 1. The van der Waals surface area contributed by atoms with Crippen LogP contribution in [0.2, 0.25) is 0 Å². The van der Waals surface area contributed by atoms with Crippen LogP contribution in [0.15, 0.2) is 72.3 Å². The summed E-state index contributed by atoms with van der Waals surface area (Å²) in [5.74, 6) is -0.888. The van der Waals surface area contributed by atoms with Crippen LogP contribution in [-0.4, -0.2) is 11.1 Å². The Labute approximate surface area is 139 Å². The fourth-order valence-corrected chi connectivity index (χ4v) is 3.58. The molecule has 2 nitrogen and oxygen atoms in total. The van der Waals surface area contributed by atoms with E-state index in [-0.39, 0.29) is 0 Å². The van der Waals surface area contributed by atoms with E-state index in [1.807, 2.05) is 36.4 Å². The van der Waals surface area contributed by atoms with Gasteiger partial charge in [0, 0.05) is 20.9 Å². The summed E-state index contributed by atoms with van der Waals surface area (Å²) in [5, 5.41) is 9.09. The summed E-state index contributed by atoms with van der Waals surface area (Å²) in [6, 6.07) is 22.4. The molecule has 0 fully saturated rings. The molecule has 3 heteroatoms. The zero-order chi connectivity index (χ0) is 16.2. The molecule has 0 unspecified atom stereocenters. The van der Waals surface area contributed by atoms with E-state index in [2.05, 4.69) is 30.3 Å². The largest absolute Gasteiger partial charge is 0.478 e. The van der Waals surface area contributed by atoms with Crippen molar-refractivity contribution in [2.24, 2.45) is 0 Å². The van der Waals surface area contributed by atoms with Gasteiger partial charge in [-0.3, -0.25) is 0 Å². The minimum absolute atomic E-state index is 0.338. The van der Waals surface area contributed by atoms with Crippen molar-refractivity contribution in [1.82, 2.24) is 0 Å². The summed E-state index contributed by atoms with van der Waals surface area (Å²) in [7, 11) is 0. The van der Waals surface area contributed by atoms with Gasteiger partial charge in [-0.2, -0.15) is 0 Å². The molecule has 1 aromatic heterocycles. The van der Waals surface area contributed by atoms with E-state index in [4.69, 9.17) is 5.11 Å². The Morgan fingerprint density at radius 2 is 1.52 bits per heavy atom. The van der Waals surface area contributed by atoms with Crippen LogP contribution in [0.5, 0.6) is 0 Å². The number of aliphatic carboxylic acids is 1. The van der Waals surface area contributed by atoms with Crippen LogP contribution < -0.4 is 0 Å². The molecule has 0 radical (unpaired) electrons. The van der Waals surface area contributed by atoms with Gasteiger partial charge in [0.05, 0.1) is 0 Å². The van der Waals surface area contributed by atoms with Crippen molar-refractivity contribution < 1.29 is 9.90 Å². The van der Waals surface area contributed by atoms with E-state index < -0.39 is 5.97 Å². The van der Waals surface area contributed by atoms with Crippen molar-refractivity contribution in [3.05, 3.63) is 77.2 Å². The van der Waals surface area contributed by atoms with Gasteiger partial charge in [-0.05, 0) is 30.2 Å². The molecule has 0 aliphatic carbocycles. The molecule has 2 aromatic carbocycles. The van der Waals surface area contributed by atoms with E-state index in [0.29, 0.717) is 5.57 Å². The minimum Gasteiger partial charge on any atom is -0.478 e. The first-order valence-electron chi connectivity index (χ1n) is 7.31. The fourth-order valence-electron chi connectivity index (χ4n) is 2.39. The predicted molar refractivity (Wildman–Crippen MR) is 96.5 cm³/mol. The Kier molecular flexibility index (Phi) is 4.40. The van der Waals surface area contributed by atoms with Gasteiger partial charge in [-0.15, -0.1) is 11.3 Å². The molecule has 0 amide bonds. The first-order chi connectivity index (χ1) is 11.1. The number of hydrogen-bond donors (Lipinski definition) is 1. The summed E-state index contributed by atoms with van der Waals surface area (Å²) in [6.45, 7) is 1.62. The van der Waals surface area contributed by atoms with Crippen LogP contribution in [0, 0.1) is 0 Å². The number of hydrogen-bond acceptors (Lipinski definition) is 2. The molecule has 1 N–H and O–H groups in total. The third-order valence-corrected chi connectivity index (χ3v) is 4.70. The van der Waals surface area contributed by atoms with Crippen LogP contribution in [0.4, 0.5) is 0 Å². The Morgan fingerprint density at radius 1 is 0.957 bits per heavy atom. The topological polar surface area (TPSA) is 37.3 Å². The van der Waals surface area contributed by atoms with E-state index in [1.165, 1.54) is 0 Å². The van der Waals surface area contributed by atoms with Crippen LogP contribution in [0.3, 0.4) is 0 Å². The van der Waals surface area contributed by atoms with Crippen LogP contribution in [-0.2, 0) is 4.79 Å². The van der Waals surface area contributed by atoms with Gasteiger partial charge in [0.25, 0.3) is 0 Å². The van der Waals surface area contributed by atoms with Crippen molar-refractivity contribution in [1.29, 1.82) is 0 Å². The average Bonchev–Trinajstić information content (AvgIpc) is 3.00. The highest BCUT2D eigenvalue weighted by molar-refractivity contribution is 7.17. The lowest BCUT2D eigenvalue weighted by Crippen LogP contribution is -1.94. The van der Waals surface area contributed by atoms with Crippen molar-refractivity contribution in [2.45, 2.75) is 6.92 Å². The zero-order valence-electron chi connectivity index (χ0n) is 12.7. The van der Waals surface area contributed by atoms with Crippen LogP contribution >= 0.6 is 11.3 Å². The number of carboxylic acids is 1. The standard InChI is InChI=1S/C20H16O2S/c1-14(20(21)22)12-17-13-18(15-8-4-2-5-9-15)19(23-17)16-10-6-3-7-11-16/h2-13H,1H3,(H,21,22). The van der Waals surface area contributed by atoms with Gasteiger partial charge in [0.2, 0.25) is 0 Å². The molecule has 0 saturated carbocycles. The molecule has 114 valence electrons. The lowest BCUT2D eigenvalue weighted by atomic mass is 10.0. The Bertz CT molecular complexity index is 789. The highest BCUT2D eigenvalue weighted by atomic mass is 32.1. The molecule has 0 aliphatic rings. The van der Waals surface area contributed by atoms with Gasteiger partial charge in [0.1, 0.15) is 0 Å². The maximum absolute atomic E-state index is 11.1. The molecule has 0 atom stereocenters. The zero-order valence-corrected chi connectivity index (χ0v) is 13.5. The second-order valence-corrected chi connectivity index (χ2v) is 6.34. The summed E-state index contributed by atoms with van der Waals surface area (Å²) in [6.07, 6.45) is 1.73.